The normalized spacial score (nSPS) is 10.3. The average molecular weight is 374 g/mol. The van der Waals surface area contributed by atoms with Gasteiger partial charge >= 0.3 is 5.97 Å². The molecule has 1 aromatic heterocycles. The molecule has 6 nitrogen and oxygen atoms in total. The fraction of sp³-hybridized carbons (Fsp3) is 0.316. The third-order valence-electron chi connectivity index (χ3n) is 3.92. The smallest absolute Gasteiger partial charge is 0.339 e. The number of hydrogen-bond donors (Lipinski definition) is 2. The Morgan fingerprint density at radius 2 is 1.81 bits per heavy atom. The number of amides is 2. The Hall–Kier alpha value is -2.67. The number of carbonyl (C=O) groups is 3. The number of anilines is 1. The quantitative estimate of drug-likeness (QED) is 0.762. The van der Waals surface area contributed by atoms with Gasteiger partial charge in [-0.25, -0.2) is 4.79 Å². The van der Waals surface area contributed by atoms with E-state index in [0.717, 1.165) is 20.9 Å². The lowest BCUT2D eigenvalue weighted by atomic mass is 10.1. The number of carbonyl (C=O) groups excluding carboxylic acids is 3. The Kier molecular flexibility index (Phi) is 6.52. The number of hydrogen-bond acceptors (Lipinski definition) is 5. The van der Waals surface area contributed by atoms with Crippen molar-refractivity contribution in [3.05, 3.63) is 50.7 Å². The lowest BCUT2D eigenvalue weighted by Crippen LogP contribution is -2.35. The van der Waals surface area contributed by atoms with Crippen molar-refractivity contribution in [3.8, 4) is 0 Å². The standard InChI is InChI=1S/C19H22N2O4S/c1-11-6-5-7-16(13(11)3)21-17(22)9-20-18(23)10-25-19(24)15-8-12(2)26-14(15)4/h5-8H,9-10H2,1-4H3,(H,20,23)(H,21,22). The zero-order valence-corrected chi connectivity index (χ0v) is 16.1. The molecular weight excluding hydrogens is 352 g/mol. The van der Waals surface area contributed by atoms with Gasteiger partial charge in [-0.1, -0.05) is 12.1 Å². The van der Waals surface area contributed by atoms with Crippen molar-refractivity contribution in [3.63, 3.8) is 0 Å². The fourth-order valence-electron chi connectivity index (χ4n) is 2.35. The van der Waals surface area contributed by atoms with Gasteiger partial charge in [0.2, 0.25) is 5.91 Å². The van der Waals surface area contributed by atoms with Crippen molar-refractivity contribution < 1.29 is 19.1 Å². The van der Waals surface area contributed by atoms with Gasteiger partial charge in [0.1, 0.15) is 0 Å². The maximum absolute atomic E-state index is 12.0. The van der Waals surface area contributed by atoms with Crippen LogP contribution in [-0.2, 0) is 14.3 Å². The number of ether oxygens (including phenoxy) is 1. The summed E-state index contributed by atoms with van der Waals surface area (Å²) in [5.74, 6) is -1.41. The first kappa shape index (κ1) is 19.7. The molecule has 2 amide bonds. The predicted octanol–water partition coefficient (Wildman–Crippen LogP) is 2.89. The van der Waals surface area contributed by atoms with Crippen LogP contribution in [0.4, 0.5) is 5.69 Å². The van der Waals surface area contributed by atoms with E-state index in [0.29, 0.717) is 11.3 Å². The van der Waals surface area contributed by atoms with E-state index in [1.807, 2.05) is 39.8 Å². The maximum Gasteiger partial charge on any atom is 0.339 e. The highest BCUT2D eigenvalue weighted by Crippen LogP contribution is 2.21. The van der Waals surface area contributed by atoms with Gasteiger partial charge < -0.3 is 15.4 Å². The molecule has 2 aromatic rings. The van der Waals surface area contributed by atoms with E-state index in [4.69, 9.17) is 4.74 Å². The van der Waals surface area contributed by atoms with Gasteiger partial charge in [-0.15, -0.1) is 11.3 Å². The average Bonchev–Trinajstić information content (AvgIpc) is 2.93. The zero-order chi connectivity index (χ0) is 19.3. The maximum atomic E-state index is 12.0. The molecule has 0 aliphatic rings. The van der Waals surface area contributed by atoms with Gasteiger partial charge in [-0.05, 0) is 51.0 Å². The third-order valence-corrected chi connectivity index (χ3v) is 4.89. The molecule has 26 heavy (non-hydrogen) atoms. The molecule has 0 aliphatic carbocycles. The second kappa shape index (κ2) is 8.62. The molecule has 2 rings (SSSR count). The van der Waals surface area contributed by atoms with Crippen LogP contribution < -0.4 is 10.6 Å². The Morgan fingerprint density at radius 3 is 2.46 bits per heavy atom. The summed E-state index contributed by atoms with van der Waals surface area (Å²) in [5.41, 5.74) is 3.21. The minimum atomic E-state index is -0.540. The van der Waals surface area contributed by atoms with Gasteiger partial charge in [-0.2, -0.15) is 0 Å². The van der Waals surface area contributed by atoms with E-state index in [9.17, 15) is 14.4 Å². The number of thiophene rings is 1. The van der Waals surface area contributed by atoms with Crippen LogP contribution in [0, 0.1) is 27.7 Å². The largest absolute Gasteiger partial charge is 0.452 e. The van der Waals surface area contributed by atoms with Crippen molar-refractivity contribution >= 4 is 34.8 Å². The molecule has 0 saturated heterocycles. The van der Waals surface area contributed by atoms with E-state index < -0.39 is 18.5 Å². The van der Waals surface area contributed by atoms with Crippen LogP contribution in [0.25, 0.3) is 0 Å². The van der Waals surface area contributed by atoms with E-state index in [1.165, 1.54) is 11.3 Å². The van der Waals surface area contributed by atoms with E-state index in [1.54, 1.807) is 12.1 Å². The molecule has 0 atom stereocenters. The second-order valence-corrected chi connectivity index (χ2v) is 7.44. The van der Waals surface area contributed by atoms with Gasteiger partial charge in [-0.3, -0.25) is 9.59 Å². The van der Waals surface area contributed by atoms with E-state index >= 15 is 0 Å². The van der Waals surface area contributed by atoms with Crippen LogP contribution >= 0.6 is 11.3 Å². The molecule has 0 bridgehead atoms. The minimum Gasteiger partial charge on any atom is -0.452 e. The summed E-state index contributed by atoms with van der Waals surface area (Å²) in [6.07, 6.45) is 0. The van der Waals surface area contributed by atoms with Gasteiger partial charge in [0, 0.05) is 15.4 Å². The minimum absolute atomic E-state index is 0.194. The molecule has 7 heteroatoms. The Morgan fingerprint density at radius 1 is 1.08 bits per heavy atom. The first-order chi connectivity index (χ1) is 12.3. The molecular formula is C19H22N2O4S. The SMILES string of the molecule is Cc1cc(C(=O)OCC(=O)NCC(=O)Nc2cccc(C)c2C)c(C)s1. The van der Waals surface area contributed by atoms with Crippen LogP contribution in [0.15, 0.2) is 24.3 Å². The summed E-state index contributed by atoms with van der Waals surface area (Å²) in [6, 6.07) is 7.34. The molecule has 0 saturated carbocycles. The lowest BCUT2D eigenvalue weighted by molar-refractivity contribution is -0.126. The molecule has 1 aromatic carbocycles. The van der Waals surface area contributed by atoms with Crippen LogP contribution in [0.1, 0.15) is 31.2 Å². The molecule has 0 spiro atoms. The number of benzene rings is 1. The van der Waals surface area contributed by atoms with Gasteiger partial charge in [0.05, 0.1) is 12.1 Å². The Bertz CT molecular complexity index is 842. The first-order valence-electron chi connectivity index (χ1n) is 8.15. The number of nitrogens with one attached hydrogen (secondary N) is 2. The monoisotopic (exact) mass is 374 g/mol. The van der Waals surface area contributed by atoms with Crippen molar-refractivity contribution in [1.82, 2.24) is 5.32 Å². The van der Waals surface area contributed by atoms with Crippen LogP contribution in [0.2, 0.25) is 0 Å². The fourth-order valence-corrected chi connectivity index (χ4v) is 3.27. The van der Waals surface area contributed by atoms with Crippen molar-refractivity contribution in [2.45, 2.75) is 27.7 Å². The Labute approximate surface area is 156 Å². The zero-order valence-electron chi connectivity index (χ0n) is 15.3. The van der Waals surface area contributed by atoms with Crippen molar-refractivity contribution in [2.75, 3.05) is 18.5 Å². The van der Waals surface area contributed by atoms with Gasteiger partial charge in [0.25, 0.3) is 5.91 Å². The summed E-state index contributed by atoms with van der Waals surface area (Å²) in [7, 11) is 0. The third kappa shape index (κ3) is 5.16. The topological polar surface area (TPSA) is 84.5 Å². The predicted molar refractivity (Wildman–Crippen MR) is 102 cm³/mol. The second-order valence-electron chi connectivity index (χ2n) is 5.98. The highest BCUT2D eigenvalue weighted by molar-refractivity contribution is 7.12. The van der Waals surface area contributed by atoms with Crippen LogP contribution in [0.5, 0.6) is 0 Å². The molecule has 0 aliphatic heterocycles. The summed E-state index contributed by atoms with van der Waals surface area (Å²) in [6.45, 7) is 6.97. The molecule has 2 N–H and O–H groups in total. The highest BCUT2D eigenvalue weighted by atomic mass is 32.1. The molecule has 138 valence electrons. The van der Waals surface area contributed by atoms with Crippen molar-refractivity contribution in [2.24, 2.45) is 0 Å². The van der Waals surface area contributed by atoms with E-state index in [2.05, 4.69) is 10.6 Å². The summed E-state index contributed by atoms with van der Waals surface area (Å²) < 4.78 is 4.99. The number of aryl methyl sites for hydroxylation is 3. The summed E-state index contributed by atoms with van der Waals surface area (Å²) in [5, 5.41) is 5.19. The first-order valence-corrected chi connectivity index (χ1v) is 8.96. The number of esters is 1. The molecule has 0 unspecified atom stereocenters. The van der Waals surface area contributed by atoms with Crippen LogP contribution in [-0.4, -0.2) is 30.9 Å². The summed E-state index contributed by atoms with van der Waals surface area (Å²) >= 11 is 1.49. The molecule has 0 fully saturated rings. The summed E-state index contributed by atoms with van der Waals surface area (Å²) in [4.78, 5) is 37.5. The highest BCUT2D eigenvalue weighted by Gasteiger charge is 2.15. The van der Waals surface area contributed by atoms with Crippen LogP contribution in [0.3, 0.4) is 0 Å². The van der Waals surface area contributed by atoms with E-state index in [-0.39, 0.29) is 12.5 Å². The molecule has 0 radical (unpaired) electrons. The number of rotatable bonds is 6. The van der Waals surface area contributed by atoms with Gasteiger partial charge in [0.15, 0.2) is 6.61 Å². The lowest BCUT2D eigenvalue weighted by Gasteiger charge is -2.11. The molecule has 1 heterocycles. The Balaban J connectivity index is 1.78. The van der Waals surface area contributed by atoms with Crippen molar-refractivity contribution in [1.29, 1.82) is 0 Å².